The van der Waals surface area contributed by atoms with Crippen LogP contribution in [0, 0.1) is 11.3 Å². The average Bonchev–Trinajstić information content (AvgIpc) is 3.39. The summed E-state index contributed by atoms with van der Waals surface area (Å²) in [6, 6.07) is 7.86. The number of carbonyl (C=O) groups is 1. The highest BCUT2D eigenvalue weighted by Crippen LogP contribution is 2.24. The van der Waals surface area contributed by atoms with Crippen molar-refractivity contribution in [3.8, 4) is 17.2 Å². The number of hydrogen-bond donors (Lipinski definition) is 2. The minimum atomic E-state index is -0.0767. The molecule has 4 rings (SSSR count). The van der Waals surface area contributed by atoms with Crippen molar-refractivity contribution >= 4 is 16.7 Å². The first-order valence-electron chi connectivity index (χ1n) is 8.13. The maximum atomic E-state index is 12.6. The molecule has 0 amide bonds. The summed E-state index contributed by atoms with van der Waals surface area (Å²) in [7, 11) is 0. The van der Waals surface area contributed by atoms with Crippen LogP contribution in [-0.2, 0) is 13.0 Å². The Hall–Kier alpha value is -3.73. The van der Waals surface area contributed by atoms with E-state index in [1.807, 2.05) is 24.4 Å². The number of rotatable bonds is 6. The third-order valence-corrected chi connectivity index (χ3v) is 4.16. The zero-order valence-electron chi connectivity index (χ0n) is 13.8. The Morgan fingerprint density at radius 1 is 1.27 bits per heavy atom. The number of aromatic amines is 2. The van der Waals surface area contributed by atoms with Gasteiger partial charge in [0.15, 0.2) is 5.78 Å². The number of ketones is 1. The van der Waals surface area contributed by atoms with Crippen LogP contribution in [0.5, 0.6) is 0 Å². The number of Topliss-reactive ketones (excluding diaryl/α,β-unsaturated/α-hetero) is 1. The highest BCUT2D eigenvalue weighted by atomic mass is 16.1. The number of benzene rings is 1. The van der Waals surface area contributed by atoms with E-state index < -0.39 is 0 Å². The van der Waals surface area contributed by atoms with Crippen molar-refractivity contribution in [2.45, 2.75) is 19.4 Å². The predicted molar refractivity (Wildman–Crippen MR) is 94.2 cm³/mol. The van der Waals surface area contributed by atoms with Crippen molar-refractivity contribution in [2.24, 2.45) is 0 Å². The second-order valence-electron chi connectivity index (χ2n) is 5.94. The number of hydrogen-bond acceptors (Lipinski definition) is 5. The smallest absolute Gasteiger partial charge is 0.188 e. The topological polar surface area (TPSA) is 116 Å². The molecular weight excluding hydrogens is 330 g/mol. The lowest BCUT2D eigenvalue weighted by Crippen LogP contribution is -2.04. The molecule has 8 nitrogen and oxygen atoms in total. The molecule has 0 saturated heterocycles. The minimum Gasteiger partial charge on any atom is -0.292 e. The van der Waals surface area contributed by atoms with E-state index in [-0.39, 0.29) is 12.2 Å². The summed E-state index contributed by atoms with van der Waals surface area (Å²) in [6.07, 6.45) is 7.61. The number of H-pyrrole nitrogens is 2. The van der Waals surface area contributed by atoms with Gasteiger partial charge in [0.25, 0.3) is 0 Å². The van der Waals surface area contributed by atoms with Crippen LogP contribution in [0.25, 0.3) is 22.0 Å². The molecule has 3 heterocycles. The first-order valence-corrected chi connectivity index (χ1v) is 8.13. The van der Waals surface area contributed by atoms with E-state index >= 15 is 0 Å². The quantitative estimate of drug-likeness (QED) is 0.521. The second-order valence-corrected chi connectivity index (χ2v) is 5.94. The van der Waals surface area contributed by atoms with Gasteiger partial charge in [0.2, 0.25) is 0 Å². The molecule has 0 bridgehead atoms. The molecule has 8 heteroatoms. The lowest BCUT2D eigenvalue weighted by molar-refractivity contribution is 0.0989. The number of fused-ring (bicyclic) bond motifs is 1. The van der Waals surface area contributed by atoms with E-state index in [0.717, 1.165) is 27.6 Å². The van der Waals surface area contributed by atoms with Crippen LogP contribution in [0.3, 0.4) is 0 Å². The molecule has 0 fully saturated rings. The first-order chi connectivity index (χ1) is 12.7. The molecule has 3 aromatic heterocycles. The molecule has 2 N–H and O–H groups in total. The number of nitrogens with one attached hydrogen (secondary N) is 2. The Bertz CT molecular complexity index is 1100. The largest absolute Gasteiger partial charge is 0.292 e. The molecule has 0 radical (unpaired) electrons. The van der Waals surface area contributed by atoms with Gasteiger partial charge in [-0.05, 0) is 23.3 Å². The van der Waals surface area contributed by atoms with Crippen LogP contribution in [0.15, 0.2) is 43.0 Å². The van der Waals surface area contributed by atoms with Crippen LogP contribution in [0.4, 0.5) is 0 Å². The molecular formula is C18H15N7O. The van der Waals surface area contributed by atoms with Crippen LogP contribution in [0.1, 0.15) is 22.5 Å². The fourth-order valence-corrected chi connectivity index (χ4v) is 2.87. The summed E-state index contributed by atoms with van der Waals surface area (Å²) in [5, 5.41) is 27.4. The number of carbonyl (C=O) groups excluding carboxylic acids is 1. The van der Waals surface area contributed by atoms with Gasteiger partial charge >= 0.3 is 0 Å². The Balaban J connectivity index is 1.55. The van der Waals surface area contributed by atoms with E-state index in [0.29, 0.717) is 18.7 Å². The van der Waals surface area contributed by atoms with Gasteiger partial charge in [-0.15, -0.1) is 0 Å². The van der Waals surface area contributed by atoms with Crippen molar-refractivity contribution in [3.63, 3.8) is 0 Å². The molecule has 26 heavy (non-hydrogen) atoms. The van der Waals surface area contributed by atoms with E-state index in [9.17, 15) is 4.79 Å². The molecule has 0 aliphatic heterocycles. The monoisotopic (exact) mass is 345 g/mol. The standard InChI is InChI=1S/C18H15N7O/c19-4-1-5-25-11-12(8-22-25)6-17(26)18-15-3-2-13(7-16(15)23-24-18)14-9-20-21-10-14/h2-3,7-11H,1,5-6H2,(H,20,21)(H,23,24). The van der Waals surface area contributed by atoms with E-state index in [4.69, 9.17) is 5.26 Å². The van der Waals surface area contributed by atoms with Gasteiger partial charge in [0, 0.05) is 29.8 Å². The van der Waals surface area contributed by atoms with Crippen LogP contribution >= 0.6 is 0 Å². The summed E-state index contributed by atoms with van der Waals surface area (Å²) < 4.78 is 1.67. The van der Waals surface area contributed by atoms with Crippen LogP contribution in [0.2, 0.25) is 0 Å². The van der Waals surface area contributed by atoms with Crippen molar-refractivity contribution in [3.05, 3.63) is 54.2 Å². The van der Waals surface area contributed by atoms with Crippen molar-refractivity contribution in [1.29, 1.82) is 5.26 Å². The van der Waals surface area contributed by atoms with Gasteiger partial charge in [0.1, 0.15) is 5.69 Å². The normalized spacial score (nSPS) is 10.9. The SMILES string of the molecule is N#CCCn1cc(CC(=O)c2n[nH]c3cc(-c4cn[nH]c4)ccc23)cn1. The number of nitriles is 1. The Labute approximate surface area is 148 Å². The molecule has 0 saturated carbocycles. The summed E-state index contributed by atoms with van der Waals surface area (Å²) in [5.74, 6) is -0.0767. The molecule has 4 aromatic rings. The van der Waals surface area contributed by atoms with Gasteiger partial charge in [-0.3, -0.25) is 19.7 Å². The maximum absolute atomic E-state index is 12.6. The van der Waals surface area contributed by atoms with Crippen LogP contribution in [-0.4, -0.2) is 36.0 Å². The van der Waals surface area contributed by atoms with Gasteiger partial charge in [-0.1, -0.05) is 6.07 Å². The average molecular weight is 345 g/mol. The molecule has 0 unspecified atom stereocenters. The fraction of sp³-hybridized carbons (Fsp3) is 0.167. The number of aryl methyl sites for hydroxylation is 1. The summed E-state index contributed by atoms with van der Waals surface area (Å²) >= 11 is 0. The fourth-order valence-electron chi connectivity index (χ4n) is 2.87. The maximum Gasteiger partial charge on any atom is 0.188 e. The Morgan fingerprint density at radius 2 is 2.19 bits per heavy atom. The first kappa shape index (κ1) is 15.8. The highest BCUT2D eigenvalue weighted by molar-refractivity contribution is 6.07. The highest BCUT2D eigenvalue weighted by Gasteiger charge is 2.16. The molecule has 0 spiro atoms. The van der Waals surface area contributed by atoms with E-state index in [2.05, 4.69) is 31.6 Å². The van der Waals surface area contributed by atoms with Gasteiger partial charge < -0.3 is 0 Å². The van der Waals surface area contributed by atoms with E-state index in [1.165, 1.54) is 0 Å². The predicted octanol–water partition coefficient (Wildman–Crippen LogP) is 2.49. The number of aromatic nitrogens is 6. The van der Waals surface area contributed by atoms with Gasteiger partial charge in [0.05, 0.1) is 36.9 Å². The van der Waals surface area contributed by atoms with Gasteiger partial charge in [-0.25, -0.2) is 0 Å². The number of nitrogens with zero attached hydrogens (tertiary/aromatic N) is 5. The summed E-state index contributed by atoms with van der Waals surface area (Å²) in [6.45, 7) is 0.521. The molecule has 128 valence electrons. The lowest BCUT2D eigenvalue weighted by Gasteiger charge is -1.99. The van der Waals surface area contributed by atoms with Crippen LogP contribution < -0.4 is 0 Å². The summed E-state index contributed by atoms with van der Waals surface area (Å²) in [5.41, 5.74) is 3.99. The third kappa shape index (κ3) is 2.98. The second kappa shape index (κ2) is 6.64. The van der Waals surface area contributed by atoms with Crippen molar-refractivity contribution < 1.29 is 4.79 Å². The molecule has 0 aliphatic carbocycles. The Kier molecular flexibility index (Phi) is 4.03. The van der Waals surface area contributed by atoms with Crippen molar-refractivity contribution in [1.82, 2.24) is 30.2 Å². The summed E-state index contributed by atoms with van der Waals surface area (Å²) in [4.78, 5) is 12.6. The zero-order chi connectivity index (χ0) is 17.9. The van der Waals surface area contributed by atoms with E-state index in [1.54, 1.807) is 23.3 Å². The minimum absolute atomic E-state index is 0.0767. The molecule has 1 aromatic carbocycles. The Morgan fingerprint density at radius 3 is 3.00 bits per heavy atom. The molecule has 0 aliphatic rings. The van der Waals surface area contributed by atoms with Crippen molar-refractivity contribution in [2.75, 3.05) is 0 Å². The molecule has 0 atom stereocenters. The zero-order valence-corrected chi connectivity index (χ0v) is 13.8. The van der Waals surface area contributed by atoms with Gasteiger partial charge in [-0.2, -0.15) is 20.6 Å². The third-order valence-electron chi connectivity index (χ3n) is 4.16. The lowest BCUT2D eigenvalue weighted by atomic mass is 10.0.